The normalized spacial score (nSPS) is 25.3. The number of aliphatic hydroxyl groups excluding tert-OH is 1. The molecule has 0 radical (unpaired) electrons. The first kappa shape index (κ1) is 34.5. The zero-order valence-electron chi connectivity index (χ0n) is 24.3. The first-order valence-electron chi connectivity index (χ1n) is 13.6. The summed E-state index contributed by atoms with van der Waals surface area (Å²) in [6.45, 7) is 10.9. The van der Waals surface area contributed by atoms with E-state index in [9.17, 15) is 19.5 Å². The largest absolute Gasteiger partial charge is 0.481 e. The average molecular weight is 554 g/mol. The van der Waals surface area contributed by atoms with Gasteiger partial charge < -0.3 is 34.5 Å². The van der Waals surface area contributed by atoms with E-state index in [-0.39, 0.29) is 43.1 Å². The Morgan fingerprint density at radius 3 is 2.44 bits per heavy atom. The second-order valence-corrected chi connectivity index (χ2v) is 10.2. The molecule has 3 N–H and O–H groups in total. The summed E-state index contributed by atoms with van der Waals surface area (Å²) in [7, 11) is 1.48. The van der Waals surface area contributed by atoms with Crippen LogP contribution in [0.5, 0.6) is 0 Å². The number of carbonyl (C=O) groups is 3. The lowest BCUT2D eigenvalue weighted by atomic mass is 9.88. The summed E-state index contributed by atoms with van der Waals surface area (Å²) >= 11 is 0. The fourth-order valence-electron chi connectivity index (χ4n) is 4.32. The highest BCUT2D eigenvalue weighted by atomic mass is 16.5. The SMILES string of the molecule is CC[C@@H](CC(=O)O)O[C@H](/C=C/C(C)=C/C[C@@H]1O[C@H](C)C(NC(=O)/C=C\[C@H](C)OC(C)=O)C[C@@H]1C)[C@@H](O)COC. The van der Waals surface area contributed by atoms with Gasteiger partial charge in [-0.05, 0) is 52.0 Å². The van der Waals surface area contributed by atoms with E-state index in [4.69, 9.17) is 24.1 Å². The van der Waals surface area contributed by atoms with Crippen molar-refractivity contribution < 1.29 is 43.5 Å². The maximum absolute atomic E-state index is 12.3. The fraction of sp³-hybridized carbons (Fsp3) is 0.690. The van der Waals surface area contributed by atoms with Crippen molar-refractivity contribution in [2.24, 2.45) is 5.92 Å². The Morgan fingerprint density at radius 1 is 1.15 bits per heavy atom. The Bertz CT molecular complexity index is 869. The van der Waals surface area contributed by atoms with Crippen molar-refractivity contribution in [2.75, 3.05) is 13.7 Å². The zero-order valence-corrected chi connectivity index (χ0v) is 24.3. The molecule has 0 saturated carbocycles. The minimum Gasteiger partial charge on any atom is -0.481 e. The summed E-state index contributed by atoms with van der Waals surface area (Å²) in [6, 6.07) is -0.139. The molecule has 1 aliphatic heterocycles. The number of hydrogen-bond acceptors (Lipinski definition) is 8. The maximum Gasteiger partial charge on any atom is 0.305 e. The lowest BCUT2D eigenvalue weighted by Crippen LogP contribution is -2.50. The van der Waals surface area contributed by atoms with Crippen molar-refractivity contribution in [1.82, 2.24) is 5.32 Å². The molecule has 1 aliphatic rings. The molecule has 1 amide bonds. The molecule has 1 unspecified atom stereocenters. The van der Waals surface area contributed by atoms with Crippen LogP contribution in [0.3, 0.4) is 0 Å². The van der Waals surface area contributed by atoms with E-state index < -0.39 is 36.4 Å². The number of ether oxygens (including phenoxy) is 4. The van der Waals surface area contributed by atoms with Crippen LogP contribution in [-0.2, 0) is 33.3 Å². The van der Waals surface area contributed by atoms with Crippen LogP contribution >= 0.6 is 0 Å². The van der Waals surface area contributed by atoms with Crippen LogP contribution in [0.2, 0.25) is 0 Å². The summed E-state index contributed by atoms with van der Waals surface area (Å²) < 4.78 is 22.1. The molecule has 10 nitrogen and oxygen atoms in total. The molecule has 0 aromatic heterocycles. The van der Waals surface area contributed by atoms with Crippen molar-refractivity contribution in [3.8, 4) is 0 Å². The predicted molar refractivity (Wildman–Crippen MR) is 147 cm³/mol. The molecule has 222 valence electrons. The molecule has 39 heavy (non-hydrogen) atoms. The molecule has 1 heterocycles. The van der Waals surface area contributed by atoms with Gasteiger partial charge in [0.1, 0.15) is 18.3 Å². The van der Waals surface area contributed by atoms with Gasteiger partial charge in [-0.15, -0.1) is 0 Å². The Labute approximate surface area is 232 Å². The molecule has 1 fully saturated rings. The van der Waals surface area contributed by atoms with Gasteiger partial charge in [-0.2, -0.15) is 0 Å². The van der Waals surface area contributed by atoms with Crippen molar-refractivity contribution >= 4 is 17.8 Å². The molecule has 0 aromatic rings. The van der Waals surface area contributed by atoms with E-state index in [2.05, 4.69) is 18.3 Å². The second-order valence-electron chi connectivity index (χ2n) is 10.2. The quantitative estimate of drug-likeness (QED) is 0.149. The Kier molecular flexibility index (Phi) is 15.9. The van der Waals surface area contributed by atoms with Gasteiger partial charge in [-0.25, -0.2) is 0 Å². The maximum atomic E-state index is 12.3. The van der Waals surface area contributed by atoms with Crippen LogP contribution in [0.1, 0.15) is 67.2 Å². The number of carboxylic acid groups (broad SMARTS) is 1. The number of allylic oxidation sites excluding steroid dienone is 2. The third-order valence-electron chi connectivity index (χ3n) is 6.56. The second kappa shape index (κ2) is 17.9. The highest BCUT2D eigenvalue weighted by Gasteiger charge is 2.33. The van der Waals surface area contributed by atoms with Gasteiger partial charge in [-0.1, -0.05) is 37.6 Å². The van der Waals surface area contributed by atoms with Gasteiger partial charge in [0, 0.05) is 20.1 Å². The highest BCUT2D eigenvalue weighted by Crippen LogP contribution is 2.28. The van der Waals surface area contributed by atoms with Crippen LogP contribution in [0, 0.1) is 5.92 Å². The number of amides is 1. The van der Waals surface area contributed by atoms with Crippen LogP contribution in [0.25, 0.3) is 0 Å². The van der Waals surface area contributed by atoms with Gasteiger partial charge in [-0.3, -0.25) is 14.4 Å². The lowest BCUT2D eigenvalue weighted by molar-refractivity contribution is -0.144. The molecular formula is C29H47NO9. The highest BCUT2D eigenvalue weighted by molar-refractivity contribution is 5.87. The average Bonchev–Trinajstić information content (AvgIpc) is 2.85. The number of aliphatic hydroxyl groups is 1. The fourth-order valence-corrected chi connectivity index (χ4v) is 4.32. The van der Waals surface area contributed by atoms with Crippen molar-refractivity contribution in [3.05, 3.63) is 36.0 Å². The third kappa shape index (κ3) is 13.9. The van der Waals surface area contributed by atoms with Crippen LogP contribution in [0.4, 0.5) is 0 Å². The van der Waals surface area contributed by atoms with Gasteiger partial charge in [0.05, 0.1) is 37.4 Å². The topological polar surface area (TPSA) is 141 Å². The Balaban J connectivity index is 2.72. The van der Waals surface area contributed by atoms with E-state index in [1.807, 2.05) is 26.8 Å². The molecule has 0 aliphatic carbocycles. The molecule has 0 bridgehead atoms. The van der Waals surface area contributed by atoms with E-state index >= 15 is 0 Å². The lowest BCUT2D eigenvalue weighted by Gasteiger charge is -2.39. The first-order chi connectivity index (χ1) is 18.4. The summed E-state index contributed by atoms with van der Waals surface area (Å²) in [5, 5.41) is 22.5. The summed E-state index contributed by atoms with van der Waals surface area (Å²) in [4.78, 5) is 34.4. The van der Waals surface area contributed by atoms with E-state index in [1.54, 1.807) is 13.0 Å². The Hall–Kier alpha value is -2.53. The van der Waals surface area contributed by atoms with Crippen molar-refractivity contribution in [2.45, 2.75) is 110 Å². The number of aliphatic carboxylic acids is 1. The number of esters is 1. The molecule has 10 heteroatoms. The van der Waals surface area contributed by atoms with Gasteiger partial charge in [0.2, 0.25) is 5.91 Å². The molecule has 8 atom stereocenters. The Morgan fingerprint density at radius 2 is 1.85 bits per heavy atom. The molecule has 1 saturated heterocycles. The van der Waals surface area contributed by atoms with Crippen molar-refractivity contribution in [3.63, 3.8) is 0 Å². The number of carboxylic acids is 1. The summed E-state index contributed by atoms with van der Waals surface area (Å²) in [5.74, 6) is -1.42. The molecule has 0 aromatic carbocycles. The minimum absolute atomic E-state index is 0.0257. The minimum atomic E-state index is -0.954. The van der Waals surface area contributed by atoms with Gasteiger partial charge in [0.15, 0.2) is 0 Å². The van der Waals surface area contributed by atoms with E-state index in [1.165, 1.54) is 26.2 Å². The number of rotatable bonds is 16. The summed E-state index contributed by atoms with van der Waals surface area (Å²) in [5.41, 5.74) is 0.949. The number of nitrogens with one attached hydrogen (secondary N) is 1. The third-order valence-corrected chi connectivity index (χ3v) is 6.56. The van der Waals surface area contributed by atoms with Gasteiger partial charge >= 0.3 is 11.9 Å². The van der Waals surface area contributed by atoms with Crippen LogP contribution in [-0.4, -0.2) is 84.4 Å². The zero-order chi connectivity index (χ0) is 29.5. The smallest absolute Gasteiger partial charge is 0.305 e. The predicted octanol–water partition coefficient (Wildman–Crippen LogP) is 3.33. The van der Waals surface area contributed by atoms with Crippen molar-refractivity contribution in [1.29, 1.82) is 0 Å². The number of hydrogen-bond donors (Lipinski definition) is 3. The molecular weight excluding hydrogens is 506 g/mol. The number of methoxy groups -OCH3 is 1. The first-order valence-corrected chi connectivity index (χ1v) is 13.6. The molecule has 0 spiro atoms. The monoisotopic (exact) mass is 553 g/mol. The standard InChI is InChI=1S/C29H47NO9/c1-8-23(16-29(34)35)39-27(25(32)17-36-7)13-10-18(2)9-12-26-19(3)15-24(21(5)38-26)30-28(33)14-11-20(4)37-22(6)31/h9-11,13-14,19-21,23-27,32H,8,12,15-17H2,1-7H3,(H,30,33)(H,34,35)/b13-10+,14-11-,18-9+/t19-,20-,21+,23-,24?,25-,26-,27+/m0/s1. The number of carbonyl (C=O) groups excluding carboxylic acids is 2. The van der Waals surface area contributed by atoms with Crippen LogP contribution < -0.4 is 5.32 Å². The molecule has 1 rings (SSSR count). The summed E-state index contributed by atoms with van der Waals surface area (Å²) in [6.07, 6.45) is 7.48. The van der Waals surface area contributed by atoms with Gasteiger partial charge in [0.25, 0.3) is 0 Å². The van der Waals surface area contributed by atoms with E-state index in [0.717, 1.165) is 12.0 Å². The van der Waals surface area contributed by atoms with E-state index in [0.29, 0.717) is 12.8 Å². The van der Waals surface area contributed by atoms with Crippen LogP contribution in [0.15, 0.2) is 36.0 Å².